The van der Waals surface area contributed by atoms with Crippen molar-refractivity contribution in [3.8, 4) is 0 Å². The van der Waals surface area contributed by atoms with Crippen LogP contribution in [0.4, 0.5) is 26.3 Å². The maximum Gasteiger partial charge on any atom is 0.339 e. The monoisotopic (exact) mass is 212 g/mol. The summed E-state index contributed by atoms with van der Waals surface area (Å²) in [6, 6.07) is 0. The number of aliphatic hydroxyl groups excluding tert-OH is 2. The molecule has 0 aliphatic heterocycles. The fourth-order valence-corrected chi connectivity index (χ4v) is 0.482. The average molecular weight is 212 g/mol. The second kappa shape index (κ2) is 3.70. The van der Waals surface area contributed by atoms with Crippen LogP contribution in [0.1, 0.15) is 0 Å². The van der Waals surface area contributed by atoms with Crippen molar-refractivity contribution in [3.05, 3.63) is 0 Å². The van der Waals surface area contributed by atoms with Crippen LogP contribution in [0.15, 0.2) is 0 Å². The number of rotatable bonds is 4. The molecule has 8 heteroatoms. The van der Waals surface area contributed by atoms with E-state index in [1.807, 2.05) is 0 Å². The van der Waals surface area contributed by atoms with Crippen molar-refractivity contribution in [2.24, 2.45) is 0 Å². The first-order chi connectivity index (χ1) is 5.66. The second-order valence-corrected chi connectivity index (χ2v) is 2.29. The van der Waals surface area contributed by atoms with Crippen LogP contribution in [0.25, 0.3) is 0 Å². The topological polar surface area (TPSA) is 40.5 Å². The van der Waals surface area contributed by atoms with E-state index in [-0.39, 0.29) is 0 Å². The summed E-state index contributed by atoms with van der Waals surface area (Å²) in [6.07, 6.45) is -8.31. The molecule has 0 aliphatic carbocycles. The summed E-state index contributed by atoms with van der Waals surface area (Å²) in [6.45, 7) is -2.20. The quantitative estimate of drug-likeness (QED) is 0.679. The fourth-order valence-electron chi connectivity index (χ4n) is 0.482. The summed E-state index contributed by atoms with van der Waals surface area (Å²) in [5, 5.41) is 15.4. The van der Waals surface area contributed by atoms with Gasteiger partial charge in [-0.05, 0) is 0 Å². The minimum atomic E-state index is -5.24. The van der Waals surface area contributed by atoms with Crippen LogP contribution in [0.5, 0.6) is 0 Å². The molecule has 0 radical (unpaired) electrons. The number of halogens is 6. The third kappa shape index (κ3) is 2.47. The van der Waals surface area contributed by atoms with Crippen LogP contribution in [-0.4, -0.2) is 41.2 Å². The molecule has 80 valence electrons. The summed E-state index contributed by atoms with van der Waals surface area (Å²) in [4.78, 5) is 0. The van der Waals surface area contributed by atoms with Crippen LogP contribution >= 0.6 is 0 Å². The van der Waals surface area contributed by atoms with E-state index >= 15 is 0 Å². The van der Waals surface area contributed by atoms with Crippen LogP contribution < -0.4 is 0 Å². The molecule has 0 rings (SSSR count). The molecule has 0 heterocycles. The van der Waals surface area contributed by atoms with Crippen molar-refractivity contribution >= 4 is 0 Å². The minimum absolute atomic E-state index is 2.20. The second-order valence-electron chi connectivity index (χ2n) is 2.29. The van der Waals surface area contributed by atoms with E-state index in [0.717, 1.165) is 0 Å². The lowest BCUT2D eigenvalue weighted by Crippen LogP contribution is -2.51. The van der Waals surface area contributed by atoms with Crippen LogP contribution in [0.2, 0.25) is 0 Å². The maximum absolute atomic E-state index is 12.1. The first-order valence-electron chi connectivity index (χ1n) is 2.99. The summed E-state index contributed by atoms with van der Waals surface area (Å²) in [5.41, 5.74) is 0. The van der Waals surface area contributed by atoms with Crippen LogP contribution in [-0.2, 0) is 0 Å². The van der Waals surface area contributed by atoms with Gasteiger partial charge in [-0.3, -0.25) is 0 Å². The van der Waals surface area contributed by atoms with Crippen molar-refractivity contribution in [3.63, 3.8) is 0 Å². The van der Waals surface area contributed by atoms with Gasteiger partial charge < -0.3 is 10.2 Å². The van der Waals surface area contributed by atoms with E-state index in [1.54, 1.807) is 0 Å². The Balaban J connectivity index is 4.67. The van der Waals surface area contributed by atoms with E-state index in [4.69, 9.17) is 10.2 Å². The predicted molar refractivity (Wildman–Crippen MR) is 29.0 cm³/mol. The van der Waals surface area contributed by atoms with Gasteiger partial charge in [-0.1, -0.05) is 0 Å². The van der Waals surface area contributed by atoms with Crippen molar-refractivity contribution in [2.75, 3.05) is 6.61 Å². The van der Waals surface area contributed by atoms with Crippen LogP contribution in [0, 0.1) is 0 Å². The molecule has 2 atom stereocenters. The Hall–Kier alpha value is -0.500. The summed E-state index contributed by atoms with van der Waals surface area (Å²) in [7, 11) is 0. The van der Waals surface area contributed by atoms with E-state index < -0.39 is 31.0 Å². The van der Waals surface area contributed by atoms with Gasteiger partial charge in [-0.2, -0.15) is 8.78 Å². The molecule has 0 aliphatic rings. The highest BCUT2D eigenvalue weighted by Gasteiger charge is 2.59. The first-order valence-corrected chi connectivity index (χ1v) is 2.99. The third-order valence-electron chi connectivity index (χ3n) is 1.24. The van der Waals surface area contributed by atoms with Crippen LogP contribution in [0.3, 0.4) is 0 Å². The number of hydrogen-bond acceptors (Lipinski definition) is 2. The van der Waals surface area contributed by atoms with Crippen molar-refractivity contribution in [2.45, 2.75) is 24.4 Å². The highest BCUT2D eigenvalue weighted by atomic mass is 19.3. The molecule has 0 saturated heterocycles. The number of alkyl halides is 6. The molecule has 0 saturated carbocycles. The summed E-state index contributed by atoms with van der Waals surface area (Å²) in [5.74, 6) is -10.0. The van der Waals surface area contributed by atoms with Gasteiger partial charge >= 0.3 is 11.8 Å². The Morgan fingerprint density at radius 1 is 1.08 bits per heavy atom. The highest BCUT2D eigenvalue weighted by Crippen LogP contribution is 2.36. The van der Waals surface area contributed by atoms with E-state index in [1.165, 1.54) is 0 Å². The molecular formula is C5H6F6O2. The molecule has 0 aromatic carbocycles. The van der Waals surface area contributed by atoms with Gasteiger partial charge in [0.25, 0.3) is 6.36 Å². The molecule has 2 N–H and O–H groups in total. The average Bonchev–Trinajstić information content (AvgIpc) is 2.02. The van der Waals surface area contributed by atoms with Crippen molar-refractivity contribution < 1.29 is 36.6 Å². The molecule has 0 amide bonds. The maximum atomic E-state index is 12.1. The normalized spacial score (nSPS) is 18.5. The van der Waals surface area contributed by atoms with Gasteiger partial charge in [0, 0.05) is 0 Å². The van der Waals surface area contributed by atoms with Gasteiger partial charge in [0.05, 0.1) is 0 Å². The van der Waals surface area contributed by atoms with Gasteiger partial charge in [-0.25, -0.2) is 17.6 Å². The molecule has 0 bridgehead atoms. The fraction of sp³-hybridized carbons (Fsp3) is 1.00. The number of aliphatic hydroxyl groups is 2. The summed E-state index contributed by atoms with van der Waals surface area (Å²) >= 11 is 0. The van der Waals surface area contributed by atoms with Gasteiger partial charge in [0.2, 0.25) is 6.17 Å². The molecule has 0 fully saturated rings. The Morgan fingerprint density at radius 3 is 1.69 bits per heavy atom. The molecule has 2 unspecified atom stereocenters. The Kier molecular flexibility index (Phi) is 3.56. The Bertz CT molecular complexity index is 170. The van der Waals surface area contributed by atoms with Crippen molar-refractivity contribution in [1.82, 2.24) is 0 Å². The Morgan fingerprint density at radius 2 is 1.46 bits per heavy atom. The summed E-state index contributed by atoms with van der Waals surface area (Å²) < 4.78 is 71.8. The zero-order valence-corrected chi connectivity index (χ0v) is 6.02. The van der Waals surface area contributed by atoms with E-state index in [9.17, 15) is 26.3 Å². The highest BCUT2D eigenvalue weighted by molar-refractivity contribution is 4.89. The third-order valence-corrected chi connectivity index (χ3v) is 1.24. The minimum Gasteiger partial charge on any atom is -0.390 e. The lowest BCUT2D eigenvalue weighted by Gasteiger charge is -2.26. The standard InChI is InChI=1S/C5H6F6O2/c6-2(4(8,9)1-12)5(10,11)3(7)13/h2-3,12-13H,1H2. The SMILES string of the molecule is OCC(F)(F)C(F)C(F)(F)C(O)F. The largest absolute Gasteiger partial charge is 0.390 e. The van der Waals surface area contributed by atoms with Gasteiger partial charge in [0.1, 0.15) is 6.61 Å². The molecular weight excluding hydrogens is 206 g/mol. The van der Waals surface area contributed by atoms with Gasteiger partial charge in [0.15, 0.2) is 0 Å². The number of hydrogen-bond donors (Lipinski definition) is 2. The first kappa shape index (κ1) is 12.5. The Labute approximate surface area is 68.8 Å². The lowest BCUT2D eigenvalue weighted by atomic mass is 10.1. The molecule has 2 nitrogen and oxygen atoms in total. The smallest absolute Gasteiger partial charge is 0.339 e. The lowest BCUT2D eigenvalue weighted by molar-refractivity contribution is -0.256. The van der Waals surface area contributed by atoms with Crippen molar-refractivity contribution in [1.29, 1.82) is 0 Å². The van der Waals surface area contributed by atoms with E-state index in [0.29, 0.717) is 0 Å². The van der Waals surface area contributed by atoms with Gasteiger partial charge in [-0.15, -0.1) is 0 Å². The molecule has 0 spiro atoms. The molecule has 0 aromatic heterocycles. The van der Waals surface area contributed by atoms with E-state index in [2.05, 4.69) is 0 Å². The molecule has 0 aromatic rings. The zero-order valence-electron chi connectivity index (χ0n) is 6.02. The zero-order chi connectivity index (χ0) is 10.9. The molecule has 13 heavy (non-hydrogen) atoms. The predicted octanol–water partition coefficient (Wildman–Crippen LogP) is 0.875.